The van der Waals surface area contributed by atoms with Crippen molar-refractivity contribution < 1.29 is 9.59 Å². The lowest BCUT2D eigenvalue weighted by atomic mass is 10.1. The maximum Gasteiger partial charge on any atom is 0.253 e. The molecule has 2 aromatic carbocycles. The Morgan fingerprint density at radius 1 is 1.13 bits per heavy atom. The second-order valence-corrected chi connectivity index (χ2v) is 8.07. The molecule has 1 heterocycles. The summed E-state index contributed by atoms with van der Waals surface area (Å²) in [5.74, 6) is -0.307. The van der Waals surface area contributed by atoms with Crippen LogP contribution in [0.2, 0.25) is 0 Å². The molecule has 4 rings (SSSR count). The van der Waals surface area contributed by atoms with Crippen LogP contribution in [0.4, 0.5) is 5.69 Å². The van der Waals surface area contributed by atoms with Crippen LogP contribution in [0, 0.1) is 0 Å². The average molecular weight is 423 g/mol. The average Bonchev–Trinajstić information content (AvgIpc) is 3.50. The molecule has 154 valence electrons. The molecule has 0 aliphatic heterocycles. The van der Waals surface area contributed by atoms with E-state index in [1.807, 2.05) is 37.3 Å². The number of thioether (sulfide) groups is 1. The summed E-state index contributed by atoms with van der Waals surface area (Å²) in [5, 5.41) is 18.1. The summed E-state index contributed by atoms with van der Waals surface area (Å²) in [5.41, 5.74) is 1.90. The molecular weight excluding hydrogens is 400 g/mol. The molecule has 1 aliphatic rings. The highest BCUT2D eigenvalue weighted by Crippen LogP contribution is 2.36. The number of aromatic nitrogens is 4. The Kier molecular flexibility index (Phi) is 6.08. The van der Waals surface area contributed by atoms with Crippen LogP contribution >= 0.6 is 11.8 Å². The smallest absolute Gasteiger partial charge is 0.253 e. The van der Waals surface area contributed by atoms with Crippen molar-refractivity contribution in [3.05, 3.63) is 65.7 Å². The van der Waals surface area contributed by atoms with E-state index in [-0.39, 0.29) is 23.6 Å². The number of hydrogen-bond donors (Lipinski definition) is 2. The Balaban J connectivity index is 1.38. The van der Waals surface area contributed by atoms with E-state index in [0.717, 1.165) is 18.4 Å². The van der Waals surface area contributed by atoms with Crippen LogP contribution in [0.5, 0.6) is 0 Å². The maximum atomic E-state index is 12.8. The number of rotatable bonds is 8. The van der Waals surface area contributed by atoms with Gasteiger partial charge < -0.3 is 10.6 Å². The second kappa shape index (κ2) is 9.08. The van der Waals surface area contributed by atoms with E-state index in [1.165, 1.54) is 11.8 Å². The van der Waals surface area contributed by atoms with E-state index in [1.54, 1.807) is 28.9 Å². The molecule has 8 nitrogen and oxygen atoms in total. The van der Waals surface area contributed by atoms with Gasteiger partial charge in [0.1, 0.15) is 0 Å². The number of benzene rings is 2. The molecule has 3 aromatic rings. The monoisotopic (exact) mass is 422 g/mol. The lowest BCUT2D eigenvalue weighted by Gasteiger charge is -2.16. The van der Waals surface area contributed by atoms with Crippen molar-refractivity contribution in [1.82, 2.24) is 25.5 Å². The minimum absolute atomic E-state index is 0.153. The zero-order valence-corrected chi connectivity index (χ0v) is 17.3. The van der Waals surface area contributed by atoms with Gasteiger partial charge in [-0.05, 0) is 47.9 Å². The van der Waals surface area contributed by atoms with Crippen molar-refractivity contribution in [1.29, 1.82) is 0 Å². The van der Waals surface area contributed by atoms with Gasteiger partial charge >= 0.3 is 0 Å². The quantitative estimate of drug-likeness (QED) is 0.541. The normalized spacial score (nSPS) is 14.2. The summed E-state index contributed by atoms with van der Waals surface area (Å²) in [6.07, 6.45) is 2.13. The second-order valence-electron chi connectivity index (χ2n) is 7.13. The fourth-order valence-electron chi connectivity index (χ4n) is 3.03. The van der Waals surface area contributed by atoms with Crippen LogP contribution in [0.25, 0.3) is 0 Å². The number of nitrogens with zero attached hydrogens (tertiary/aromatic N) is 4. The van der Waals surface area contributed by atoms with Gasteiger partial charge in [-0.1, -0.05) is 54.2 Å². The zero-order valence-electron chi connectivity index (χ0n) is 16.5. The molecule has 1 saturated carbocycles. The Hall–Kier alpha value is -3.20. The molecule has 0 spiro atoms. The first kappa shape index (κ1) is 20.1. The Morgan fingerprint density at radius 3 is 2.63 bits per heavy atom. The highest BCUT2D eigenvalue weighted by atomic mass is 32.2. The Bertz CT molecular complexity index is 1030. The van der Waals surface area contributed by atoms with Crippen LogP contribution in [-0.4, -0.2) is 37.8 Å². The van der Waals surface area contributed by atoms with Crippen LogP contribution in [0.15, 0.2) is 59.8 Å². The fraction of sp³-hybridized carbons (Fsp3) is 0.286. The number of hydrogen-bond acceptors (Lipinski definition) is 6. The first-order chi connectivity index (χ1) is 14.6. The van der Waals surface area contributed by atoms with Crippen molar-refractivity contribution in [2.75, 3.05) is 11.1 Å². The minimum Gasteiger partial charge on any atom is -0.345 e. The van der Waals surface area contributed by atoms with E-state index in [9.17, 15) is 9.59 Å². The van der Waals surface area contributed by atoms with Gasteiger partial charge in [-0.15, -0.1) is 5.10 Å². The number of amides is 2. The van der Waals surface area contributed by atoms with Gasteiger partial charge in [-0.25, -0.2) is 4.68 Å². The van der Waals surface area contributed by atoms with Gasteiger partial charge in [0.15, 0.2) is 0 Å². The highest BCUT2D eigenvalue weighted by Gasteiger charge is 2.28. The molecule has 2 N–H and O–H groups in total. The van der Waals surface area contributed by atoms with Crippen LogP contribution < -0.4 is 10.6 Å². The van der Waals surface area contributed by atoms with Gasteiger partial charge in [0.05, 0.1) is 29.1 Å². The number of tetrazole rings is 1. The summed E-state index contributed by atoms with van der Waals surface area (Å²) in [6, 6.07) is 16.9. The molecule has 30 heavy (non-hydrogen) atoms. The zero-order chi connectivity index (χ0) is 20.9. The van der Waals surface area contributed by atoms with E-state index < -0.39 is 0 Å². The predicted molar refractivity (Wildman–Crippen MR) is 114 cm³/mol. The summed E-state index contributed by atoms with van der Waals surface area (Å²) < 4.78 is 1.77. The third kappa shape index (κ3) is 4.85. The van der Waals surface area contributed by atoms with Gasteiger partial charge in [0.2, 0.25) is 11.1 Å². The molecule has 2 amide bonds. The summed E-state index contributed by atoms with van der Waals surface area (Å²) in [7, 11) is 0. The summed E-state index contributed by atoms with van der Waals surface area (Å²) in [6.45, 7) is 1.93. The number of carbonyl (C=O) groups is 2. The first-order valence-electron chi connectivity index (χ1n) is 9.77. The van der Waals surface area contributed by atoms with Gasteiger partial charge in [0, 0.05) is 0 Å². The molecule has 0 saturated heterocycles. The summed E-state index contributed by atoms with van der Waals surface area (Å²) in [4.78, 5) is 25.3. The first-order valence-corrected chi connectivity index (χ1v) is 10.8. The molecule has 1 aliphatic carbocycles. The number of nitrogens with one attached hydrogen (secondary N) is 2. The molecule has 0 radical (unpaired) electrons. The van der Waals surface area contributed by atoms with E-state index >= 15 is 0 Å². The SMILES string of the molecule is C[C@@H](NC(=O)c1ccccc1NC(=O)CSc1nnnn1C1CC1)c1ccccc1. The lowest BCUT2D eigenvalue weighted by Crippen LogP contribution is -2.28. The lowest BCUT2D eigenvalue weighted by molar-refractivity contribution is -0.113. The number of para-hydroxylation sites is 1. The molecule has 0 bridgehead atoms. The van der Waals surface area contributed by atoms with Crippen LogP contribution in [0.1, 0.15) is 47.8 Å². The van der Waals surface area contributed by atoms with Crippen molar-refractivity contribution >= 4 is 29.3 Å². The highest BCUT2D eigenvalue weighted by molar-refractivity contribution is 7.99. The topological polar surface area (TPSA) is 102 Å². The standard InChI is InChI=1S/C21H22N6O2S/c1-14(15-7-3-2-4-8-15)22-20(29)17-9-5-6-10-18(17)23-19(28)13-30-21-24-25-26-27(21)16-11-12-16/h2-10,14,16H,11-13H2,1H3,(H,22,29)(H,23,28)/t14-/m1/s1. The summed E-state index contributed by atoms with van der Waals surface area (Å²) >= 11 is 1.29. The molecule has 1 aromatic heterocycles. The number of carbonyl (C=O) groups excluding carboxylic acids is 2. The third-order valence-corrected chi connectivity index (χ3v) is 5.71. The van der Waals surface area contributed by atoms with Gasteiger partial charge in [-0.2, -0.15) is 0 Å². The fourth-order valence-corrected chi connectivity index (χ4v) is 3.78. The number of anilines is 1. The molecule has 1 fully saturated rings. The largest absolute Gasteiger partial charge is 0.345 e. The molecule has 1 atom stereocenters. The molecular formula is C21H22N6O2S. The van der Waals surface area contributed by atoms with Gasteiger partial charge in [0.25, 0.3) is 5.91 Å². The van der Waals surface area contributed by atoms with E-state index in [0.29, 0.717) is 22.4 Å². The Labute approximate surface area is 178 Å². The van der Waals surface area contributed by atoms with E-state index in [2.05, 4.69) is 26.2 Å². The van der Waals surface area contributed by atoms with Crippen molar-refractivity contribution in [3.8, 4) is 0 Å². The van der Waals surface area contributed by atoms with E-state index in [4.69, 9.17) is 0 Å². The third-order valence-electron chi connectivity index (χ3n) is 4.78. The molecule has 0 unspecified atom stereocenters. The van der Waals surface area contributed by atoms with Crippen LogP contribution in [-0.2, 0) is 4.79 Å². The Morgan fingerprint density at radius 2 is 1.87 bits per heavy atom. The van der Waals surface area contributed by atoms with Crippen LogP contribution in [0.3, 0.4) is 0 Å². The van der Waals surface area contributed by atoms with Gasteiger partial charge in [-0.3, -0.25) is 9.59 Å². The molecule has 9 heteroatoms. The van der Waals surface area contributed by atoms with Crippen molar-refractivity contribution in [3.63, 3.8) is 0 Å². The van der Waals surface area contributed by atoms with Crippen molar-refractivity contribution in [2.24, 2.45) is 0 Å². The predicted octanol–water partition coefficient (Wildman–Crippen LogP) is 3.23. The maximum absolute atomic E-state index is 12.8. The van der Waals surface area contributed by atoms with Crippen molar-refractivity contribution in [2.45, 2.75) is 37.0 Å². The minimum atomic E-state index is -0.243.